The molecule has 0 saturated heterocycles. The Balaban J connectivity index is 2.13. The van der Waals surface area contributed by atoms with E-state index in [0.717, 1.165) is 18.9 Å². The minimum atomic E-state index is 0.621. The first kappa shape index (κ1) is 13.2. The van der Waals surface area contributed by atoms with Gasteiger partial charge in [-0.05, 0) is 31.7 Å². The monoisotopic (exact) mass is 223 g/mol. The zero-order valence-corrected chi connectivity index (χ0v) is 11.0. The van der Waals surface area contributed by atoms with E-state index in [4.69, 9.17) is 0 Å². The van der Waals surface area contributed by atoms with Crippen molar-refractivity contribution in [1.29, 1.82) is 0 Å². The number of aromatic nitrogens is 2. The Morgan fingerprint density at radius 3 is 2.62 bits per heavy atom. The largest absolute Gasteiger partial charge is 0.314 e. The van der Waals surface area contributed by atoms with Gasteiger partial charge in [-0.15, -0.1) is 0 Å². The number of aryl methyl sites for hydroxylation is 1. The molecular formula is C13H25N3. The molecule has 1 rings (SSSR count). The van der Waals surface area contributed by atoms with Crippen LogP contribution in [-0.4, -0.2) is 22.4 Å². The van der Waals surface area contributed by atoms with Gasteiger partial charge in [0.15, 0.2) is 0 Å². The molecule has 0 aromatic carbocycles. The third-order valence-electron chi connectivity index (χ3n) is 2.97. The number of rotatable bonds is 7. The molecule has 0 bridgehead atoms. The third kappa shape index (κ3) is 4.79. The summed E-state index contributed by atoms with van der Waals surface area (Å²) in [7, 11) is 2.00. The van der Waals surface area contributed by atoms with Crippen molar-refractivity contribution < 1.29 is 0 Å². The van der Waals surface area contributed by atoms with Gasteiger partial charge in [0.2, 0.25) is 0 Å². The first-order chi connectivity index (χ1) is 7.59. The Morgan fingerprint density at radius 2 is 2.06 bits per heavy atom. The number of hydrogen-bond donors (Lipinski definition) is 1. The molecule has 0 radical (unpaired) electrons. The lowest BCUT2D eigenvalue weighted by Crippen LogP contribution is -2.28. The molecule has 0 aliphatic heterocycles. The minimum Gasteiger partial charge on any atom is -0.314 e. The third-order valence-corrected chi connectivity index (χ3v) is 2.97. The maximum atomic E-state index is 4.16. The number of nitrogens with one attached hydrogen (secondary N) is 1. The molecule has 0 fully saturated rings. The average Bonchev–Trinajstić information content (AvgIpc) is 2.61. The molecule has 1 heterocycles. The summed E-state index contributed by atoms with van der Waals surface area (Å²) < 4.78 is 1.94. The highest BCUT2D eigenvalue weighted by Crippen LogP contribution is 2.06. The Bertz CT molecular complexity index is 291. The molecule has 0 spiro atoms. The second kappa shape index (κ2) is 6.69. The fraction of sp³-hybridized carbons (Fsp3) is 0.769. The number of hydrogen-bond acceptors (Lipinski definition) is 2. The Labute approximate surface area is 99.2 Å². The summed E-state index contributed by atoms with van der Waals surface area (Å²) >= 11 is 0. The molecule has 3 heteroatoms. The fourth-order valence-corrected chi connectivity index (χ4v) is 1.78. The molecule has 1 atom stereocenters. The van der Waals surface area contributed by atoms with Crippen molar-refractivity contribution in [2.24, 2.45) is 13.0 Å². The molecule has 1 N–H and O–H groups in total. The smallest absolute Gasteiger partial charge is 0.0492 e. The van der Waals surface area contributed by atoms with E-state index in [-0.39, 0.29) is 0 Å². The van der Waals surface area contributed by atoms with Gasteiger partial charge in [0, 0.05) is 37.9 Å². The molecule has 0 amide bonds. The molecule has 1 aromatic heterocycles. The predicted octanol–water partition coefficient (Wildman–Crippen LogP) is 2.38. The van der Waals surface area contributed by atoms with E-state index in [2.05, 4.69) is 37.3 Å². The van der Waals surface area contributed by atoms with Crippen LogP contribution in [0.25, 0.3) is 0 Å². The summed E-state index contributed by atoms with van der Waals surface area (Å²) in [4.78, 5) is 0. The Morgan fingerprint density at radius 1 is 1.31 bits per heavy atom. The molecule has 92 valence electrons. The van der Waals surface area contributed by atoms with E-state index in [1.54, 1.807) is 0 Å². The van der Waals surface area contributed by atoms with Crippen molar-refractivity contribution in [3.8, 4) is 0 Å². The molecule has 3 nitrogen and oxygen atoms in total. The highest BCUT2D eigenvalue weighted by Gasteiger charge is 2.03. The van der Waals surface area contributed by atoms with Gasteiger partial charge >= 0.3 is 0 Å². The average molecular weight is 223 g/mol. The molecule has 1 aromatic rings. The normalized spacial score (nSPS) is 13.3. The van der Waals surface area contributed by atoms with E-state index < -0.39 is 0 Å². The topological polar surface area (TPSA) is 29.9 Å². The summed E-state index contributed by atoms with van der Waals surface area (Å²) in [6.07, 6.45) is 5.49. The van der Waals surface area contributed by atoms with E-state index in [0.29, 0.717) is 6.04 Å². The van der Waals surface area contributed by atoms with E-state index in [9.17, 15) is 0 Å². The van der Waals surface area contributed by atoms with Crippen LogP contribution in [0.2, 0.25) is 0 Å². The van der Waals surface area contributed by atoms with E-state index >= 15 is 0 Å². The van der Waals surface area contributed by atoms with Crippen molar-refractivity contribution >= 4 is 0 Å². The predicted molar refractivity (Wildman–Crippen MR) is 68.4 cm³/mol. The number of nitrogens with zero attached hydrogens (tertiary/aromatic N) is 2. The van der Waals surface area contributed by atoms with Gasteiger partial charge in [0.25, 0.3) is 0 Å². The van der Waals surface area contributed by atoms with E-state index in [1.165, 1.54) is 18.5 Å². The fourth-order valence-electron chi connectivity index (χ4n) is 1.78. The minimum absolute atomic E-state index is 0.621. The van der Waals surface area contributed by atoms with Crippen LogP contribution in [0.15, 0.2) is 12.3 Å². The molecule has 0 saturated carbocycles. The molecular weight excluding hydrogens is 198 g/mol. The summed E-state index contributed by atoms with van der Waals surface area (Å²) in [5, 5.41) is 7.73. The van der Waals surface area contributed by atoms with Crippen LogP contribution >= 0.6 is 0 Å². The van der Waals surface area contributed by atoms with Gasteiger partial charge in [-0.3, -0.25) is 4.68 Å². The summed E-state index contributed by atoms with van der Waals surface area (Å²) in [6.45, 7) is 7.87. The molecule has 16 heavy (non-hydrogen) atoms. The van der Waals surface area contributed by atoms with Crippen LogP contribution in [0.3, 0.4) is 0 Å². The van der Waals surface area contributed by atoms with Crippen LogP contribution in [0.5, 0.6) is 0 Å². The van der Waals surface area contributed by atoms with Gasteiger partial charge in [0.1, 0.15) is 0 Å². The zero-order chi connectivity index (χ0) is 12.0. The highest BCUT2D eigenvalue weighted by atomic mass is 15.3. The van der Waals surface area contributed by atoms with Crippen molar-refractivity contribution in [2.75, 3.05) is 6.54 Å². The first-order valence-electron chi connectivity index (χ1n) is 6.30. The van der Waals surface area contributed by atoms with Gasteiger partial charge in [-0.1, -0.05) is 13.8 Å². The quantitative estimate of drug-likeness (QED) is 0.769. The summed E-state index contributed by atoms with van der Waals surface area (Å²) in [6, 6.07) is 2.70. The lowest BCUT2D eigenvalue weighted by molar-refractivity contribution is 0.451. The maximum Gasteiger partial charge on any atom is 0.0492 e. The van der Waals surface area contributed by atoms with Crippen LogP contribution < -0.4 is 5.32 Å². The maximum absolute atomic E-state index is 4.16. The van der Waals surface area contributed by atoms with Crippen molar-refractivity contribution in [3.63, 3.8) is 0 Å². The standard InChI is InChI=1S/C13H25N3/c1-11(2)5-6-12(3)14-9-7-13-8-10-15-16(13)4/h8,10-12,14H,5-7,9H2,1-4H3. The molecule has 0 aliphatic rings. The van der Waals surface area contributed by atoms with Crippen molar-refractivity contribution in [3.05, 3.63) is 18.0 Å². The first-order valence-corrected chi connectivity index (χ1v) is 6.30. The molecule has 1 unspecified atom stereocenters. The second-order valence-corrected chi connectivity index (χ2v) is 5.02. The van der Waals surface area contributed by atoms with Gasteiger partial charge in [-0.2, -0.15) is 5.10 Å². The zero-order valence-electron chi connectivity index (χ0n) is 11.0. The van der Waals surface area contributed by atoms with Crippen LogP contribution in [-0.2, 0) is 13.5 Å². The van der Waals surface area contributed by atoms with Crippen molar-refractivity contribution in [2.45, 2.75) is 46.1 Å². The summed E-state index contributed by atoms with van der Waals surface area (Å²) in [5.41, 5.74) is 1.29. The van der Waals surface area contributed by atoms with Gasteiger partial charge in [-0.25, -0.2) is 0 Å². The van der Waals surface area contributed by atoms with Crippen molar-refractivity contribution in [1.82, 2.24) is 15.1 Å². The highest BCUT2D eigenvalue weighted by molar-refractivity contribution is 5.00. The lowest BCUT2D eigenvalue weighted by atomic mass is 10.0. The second-order valence-electron chi connectivity index (χ2n) is 5.02. The van der Waals surface area contributed by atoms with Crippen LogP contribution in [0.4, 0.5) is 0 Å². The lowest BCUT2D eigenvalue weighted by Gasteiger charge is -2.14. The Kier molecular flexibility index (Phi) is 5.53. The van der Waals surface area contributed by atoms with E-state index in [1.807, 2.05) is 17.9 Å². The van der Waals surface area contributed by atoms with Gasteiger partial charge < -0.3 is 5.32 Å². The molecule has 0 aliphatic carbocycles. The van der Waals surface area contributed by atoms with Crippen LogP contribution in [0.1, 0.15) is 39.3 Å². The van der Waals surface area contributed by atoms with Crippen LogP contribution in [0, 0.1) is 5.92 Å². The summed E-state index contributed by atoms with van der Waals surface area (Å²) in [5.74, 6) is 0.807. The Hall–Kier alpha value is -0.830. The SMILES string of the molecule is CC(C)CCC(C)NCCc1ccnn1C. The van der Waals surface area contributed by atoms with Gasteiger partial charge in [0.05, 0.1) is 0 Å².